The van der Waals surface area contributed by atoms with Gasteiger partial charge in [0.2, 0.25) is 0 Å². The van der Waals surface area contributed by atoms with Crippen molar-refractivity contribution in [1.29, 1.82) is 0 Å². The second kappa shape index (κ2) is 7.54. The average molecular weight is 273 g/mol. The number of thiocarbonyl (C=S) groups is 1. The molecule has 0 radical (unpaired) electrons. The maximum Gasteiger partial charge on any atom is 0.387 e. The van der Waals surface area contributed by atoms with Crippen molar-refractivity contribution in [3.05, 3.63) is 29.8 Å². The molecule has 1 aromatic rings. The van der Waals surface area contributed by atoms with Crippen molar-refractivity contribution in [2.24, 2.45) is 5.10 Å². The predicted molar refractivity (Wildman–Crippen MR) is 70.1 cm³/mol. The van der Waals surface area contributed by atoms with E-state index in [1.165, 1.54) is 18.3 Å². The lowest BCUT2D eigenvalue weighted by Gasteiger charge is -2.04. The quantitative estimate of drug-likeness (QED) is 0.490. The van der Waals surface area contributed by atoms with Crippen molar-refractivity contribution in [1.82, 2.24) is 10.7 Å². The number of hydrogen-bond acceptors (Lipinski definition) is 3. The second-order valence-corrected chi connectivity index (χ2v) is 3.59. The molecule has 0 aliphatic carbocycles. The summed E-state index contributed by atoms with van der Waals surface area (Å²) < 4.78 is 28.0. The largest absolute Gasteiger partial charge is 0.435 e. The van der Waals surface area contributed by atoms with E-state index in [2.05, 4.69) is 20.6 Å². The zero-order valence-corrected chi connectivity index (χ0v) is 10.5. The minimum absolute atomic E-state index is 0.110. The van der Waals surface area contributed by atoms with Crippen LogP contribution in [0.3, 0.4) is 0 Å². The Morgan fingerprint density at radius 3 is 2.67 bits per heavy atom. The summed E-state index contributed by atoms with van der Waals surface area (Å²) in [6.45, 7) is -0.191. The molecule has 4 nitrogen and oxygen atoms in total. The molecule has 0 aliphatic rings. The number of nitrogens with zero attached hydrogens (tertiary/aromatic N) is 1. The highest BCUT2D eigenvalue weighted by atomic mass is 32.1. The Bertz CT molecular complexity index is 409. The van der Waals surface area contributed by atoms with Gasteiger partial charge in [0.05, 0.1) is 6.21 Å². The Morgan fingerprint density at radius 1 is 1.44 bits per heavy atom. The zero-order valence-electron chi connectivity index (χ0n) is 9.69. The molecule has 2 N–H and O–H groups in total. The van der Waals surface area contributed by atoms with Gasteiger partial charge in [-0.3, -0.25) is 5.43 Å². The number of nitrogens with one attached hydrogen (secondary N) is 2. The maximum absolute atomic E-state index is 11.9. The lowest BCUT2D eigenvalue weighted by molar-refractivity contribution is -0.0498. The number of alkyl halides is 2. The molecule has 0 atom stereocenters. The minimum atomic E-state index is -2.82. The Balaban J connectivity index is 2.48. The van der Waals surface area contributed by atoms with Crippen molar-refractivity contribution in [3.63, 3.8) is 0 Å². The van der Waals surface area contributed by atoms with Gasteiger partial charge in [-0.1, -0.05) is 0 Å². The first kappa shape index (κ1) is 14.3. The molecule has 98 valence electrons. The first-order valence-corrected chi connectivity index (χ1v) is 5.64. The van der Waals surface area contributed by atoms with E-state index in [9.17, 15) is 8.78 Å². The molecule has 0 saturated heterocycles. The van der Waals surface area contributed by atoms with Crippen LogP contribution in [-0.2, 0) is 0 Å². The summed E-state index contributed by atoms with van der Waals surface area (Å²) in [5.41, 5.74) is 3.36. The van der Waals surface area contributed by atoms with Crippen molar-refractivity contribution in [2.45, 2.75) is 13.5 Å². The topological polar surface area (TPSA) is 45.7 Å². The van der Waals surface area contributed by atoms with Gasteiger partial charge in [-0.25, -0.2) is 0 Å². The van der Waals surface area contributed by atoms with E-state index in [1.807, 2.05) is 6.92 Å². The highest BCUT2D eigenvalue weighted by Crippen LogP contribution is 2.13. The number of halogens is 2. The standard InChI is InChI=1S/C11H13F2N3OS/c1-2-14-11(18)16-15-7-8-3-5-9(6-4-8)17-10(12)13/h3-7,10H,2H2,1H3,(H2,14,16,18)/b15-7-. The summed E-state index contributed by atoms with van der Waals surface area (Å²) in [6, 6.07) is 6.10. The summed E-state index contributed by atoms with van der Waals surface area (Å²) in [5, 5.41) is 7.17. The molecular formula is C11H13F2N3OS. The van der Waals surface area contributed by atoms with Crippen molar-refractivity contribution >= 4 is 23.5 Å². The van der Waals surface area contributed by atoms with E-state index in [1.54, 1.807) is 12.1 Å². The molecule has 0 aromatic heterocycles. The van der Waals surface area contributed by atoms with Gasteiger partial charge in [0, 0.05) is 6.54 Å². The van der Waals surface area contributed by atoms with Crippen LogP contribution >= 0.6 is 12.2 Å². The third-order valence-corrected chi connectivity index (χ3v) is 2.06. The normalized spacial score (nSPS) is 10.7. The van der Waals surface area contributed by atoms with E-state index >= 15 is 0 Å². The fourth-order valence-corrected chi connectivity index (χ4v) is 1.30. The Hall–Kier alpha value is -1.76. The molecule has 0 heterocycles. The first-order chi connectivity index (χ1) is 8.61. The predicted octanol–water partition coefficient (Wildman–Crippen LogP) is 2.11. The molecular weight excluding hydrogens is 260 g/mol. The fourth-order valence-electron chi connectivity index (χ4n) is 1.10. The molecule has 18 heavy (non-hydrogen) atoms. The average Bonchev–Trinajstić information content (AvgIpc) is 2.31. The van der Waals surface area contributed by atoms with Gasteiger partial charge in [0.1, 0.15) is 5.75 Å². The van der Waals surface area contributed by atoms with Crippen LogP contribution in [0.5, 0.6) is 5.75 Å². The summed E-state index contributed by atoms with van der Waals surface area (Å²) in [6.07, 6.45) is 1.52. The highest BCUT2D eigenvalue weighted by Gasteiger charge is 2.02. The maximum atomic E-state index is 11.9. The fraction of sp³-hybridized carbons (Fsp3) is 0.273. The molecule has 0 bridgehead atoms. The van der Waals surface area contributed by atoms with Crippen molar-refractivity contribution < 1.29 is 13.5 Å². The van der Waals surface area contributed by atoms with E-state index in [0.29, 0.717) is 11.7 Å². The monoisotopic (exact) mass is 273 g/mol. The van der Waals surface area contributed by atoms with Crippen LogP contribution in [0, 0.1) is 0 Å². The molecule has 0 spiro atoms. The Labute approximate surface area is 109 Å². The van der Waals surface area contributed by atoms with Crippen LogP contribution < -0.4 is 15.5 Å². The Morgan fingerprint density at radius 2 is 2.11 bits per heavy atom. The van der Waals surface area contributed by atoms with Crippen LogP contribution in [0.4, 0.5) is 8.78 Å². The molecule has 0 amide bonds. The number of hydrogen-bond donors (Lipinski definition) is 2. The first-order valence-electron chi connectivity index (χ1n) is 5.23. The smallest absolute Gasteiger partial charge is 0.387 e. The lowest BCUT2D eigenvalue weighted by Crippen LogP contribution is -2.31. The van der Waals surface area contributed by atoms with Crippen LogP contribution in [0.25, 0.3) is 0 Å². The molecule has 0 unspecified atom stereocenters. The Kier molecular flexibility index (Phi) is 5.99. The molecule has 0 saturated carbocycles. The van der Waals surface area contributed by atoms with Crippen LogP contribution in [0.1, 0.15) is 12.5 Å². The van der Waals surface area contributed by atoms with Crippen molar-refractivity contribution in [2.75, 3.05) is 6.54 Å². The minimum Gasteiger partial charge on any atom is -0.435 e. The van der Waals surface area contributed by atoms with Crippen LogP contribution in [0.2, 0.25) is 0 Å². The van der Waals surface area contributed by atoms with Gasteiger partial charge in [-0.15, -0.1) is 0 Å². The zero-order chi connectivity index (χ0) is 13.4. The van der Waals surface area contributed by atoms with Crippen molar-refractivity contribution in [3.8, 4) is 5.75 Å². The van der Waals surface area contributed by atoms with Gasteiger partial charge in [-0.2, -0.15) is 13.9 Å². The molecule has 1 rings (SSSR count). The van der Waals surface area contributed by atoms with Crippen LogP contribution in [-0.4, -0.2) is 24.5 Å². The molecule has 0 aliphatic heterocycles. The van der Waals surface area contributed by atoms with Gasteiger partial charge < -0.3 is 10.1 Å². The summed E-state index contributed by atoms with van der Waals surface area (Å²) in [4.78, 5) is 0. The van der Waals surface area contributed by atoms with Gasteiger partial charge in [0.25, 0.3) is 0 Å². The summed E-state index contributed by atoms with van der Waals surface area (Å²) in [5.74, 6) is 0.110. The van der Waals surface area contributed by atoms with Gasteiger partial charge in [-0.05, 0) is 49.0 Å². The van der Waals surface area contributed by atoms with Gasteiger partial charge >= 0.3 is 6.61 Å². The molecule has 7 heteroatoms. The third kappa shape index (κ3) is 5.53. The SMILES string of the molecule is CCNC(=S)N/N=C\c1ccc(OC(F)F)cc1. The summed E-state index contributed by atoms with van der Waals surface area (Å²) >= 11 is 4.90. The summed E-state index contributed by atoms with van der Waals surface area (Å²) in [7, 11) is 0. The van der Waals surface area contributed by atoms with E-state index in [4.69, 9.17) is 12.2 Å². The molecule has 0 fully saturated rings. The number of benzene rings is 1. The van der Waals surface area contributed by atoms with Gasteiger partial charge in [0.15, 0.2) is 5.11 Å². The highest BCUT2D eigenvalue weighted by molar-refractivity contribution is 7.80. The van der Waals surface area contributed by atoms with Crippen LogP contribution in [0.15, 0.2) is 29.4 Å². The van der Waals surface area contributed by atoms with E-state index < -0.39 is 6.61 Å². The molecule has 1 aromatic carbocycles. The lowest BCUT2D eigenvalue weighted by atomic mass is 10.2. The van der Waals surface area contributed by atoms with E-state index in [0.717, 1.165) is 5.56 Å². The number of hydrazone groups is 1. The van der Waals surface area contributed by atoms with E-state index in [-0.39, 0.29) is 5.75 Å². The number of ether oxygens (including phenoxy) is 1. The third-order valence-electron chi connectivity index (χ3n) is 1.82. The number of rotatable bonds is 5. The second-order valence-electron chi connectivity index (χ2n) is 3.18.